The molecule has 88 valence electrons. The molecular formula is C11H12BrCl2NO. The van der Waals surface area contributed by atoms with E-state index in [1.54, 1.807) is 18.2 Å². The molecule has 0 heterocycles. The van der Waals surface area contributed by atoms with E-state index in [2.05, 4.69) is 21.2 Å². The number of carbonyl (C=O) groups excluding carboxylic acids is 1. The Labute approximate surface area is 113 Å². The Balaban J connectivity index is 2.85. The minimum Gasteiger partial charge on any atom is -0.346 e. The Morgan fingerprint density at radius 2 is 2.12 bits per heavy atom. The van der Waals surface area contributed by atoms with Gasteiger partial charge in [0.2, 0.25) is 0 Å². The summed E-state index contributed by atoms with van der Waals surface area (Å²) in [6.07, 6.45) is 0. The second-order valence-corrected chi connectivity index (χ2v) is 5.63. The molecule has 2 nitrogen and oxygen atoms in total. The van der Waals surface area contributed by atoms with E-state index in [-0.39, 0.29) is 5.91 Å². The molecule has 0 aliphatic rings. The van der Waals surface area contributed by atoms with Gasteiger partial charge in [0.05, 0.1) is 5.02 Å². The predicted molar refractivity (Wildman–Crippen MR) is 71.4 cm³/mol. The first kappa shape index (κ1) is 13.8. The third-order valence-corrected chi connectivity index (χ3v) is 3.87. The average molecular weight is 325 g/mol. The van der Waals surface area contributed by atoms with Crippen LogP contribution < -0.4 is 5.32 Å². The molecule has 0 unspecified atom stereocenters. The van der Waals surface area contributed by atoms with Crippen LogP contribution >= 0.6 is 39.1 Å². The molecule has 0 spiro atoms. The molecule has 1 rings (SSSR count). The van der Waals surface area contributed by atoms with Gasteiger partial charge in [-0.3, -0.25) is 4.79 Å². The standard InChI is InChI=1S/C11H12BrCl2NO/c1-11(2,6-13)15-10(16)7-3-4-8(12)9(14)5-7/h3-5H,6H2,1-2H3,(H,15,16). The number of rotatable bonds is 3. The molecule has 0 radical (unpaired) electrons. The average Bonchev–Trinajstić information content (AvgIpc) is 2.21. The lowest BCUT2D eigenvalue weighted by Gasteiger charge is -2.23. The van der Waals surface area contributed by atoms with Crippen molar-refractivity contribution in [2.75, 3.05) is 5.88 Å². The Bertz CT molecular complexity index is 407. The van der Waals surface area contributed by atoms with Gasteiger partial charge in [-0.2, -0.15) is 0 Å². The molecule has 1 aromatic carbocycles. The zero-order valence-corrected chi connectivity index (χ0v) is 12.1. The number of carbonyl (C=O) groups is 1. The maximum Gasteiger partial charge on any atom is 0.251 e. The lowest BCUT2D eigenvalue weighted by atomic mass is 10.1. The summed E-state index contributed by atoms with van der Waals surface area (Å²) in [6.45, 7) is 3.72. The second kappa shape index (κ2) is 5.39. The third-order valence-electron chi connectivity index (χ3n) is 1.97. The summed E-state index contributed by atoms with van der Waals surface area (Å²) in [5.74, 6) is 0.170. The molecular weight excluding hydrogens is 313 g/mol. The summed E-state index contributed by atoms with van der Waals surface area (Å²) in [5, 5.41) is 3.33. The first-order chi connectivity index (χ1) is 7.35. The van der Waals surface area contributed by atoms with Crippen LogP contribution in [0.1, 0.15) is 24.2 Å². The van der Waals surface area contributed by atoms with E-state index >= 15 is 0 Å². The van der Waals surface area contributed by atoms with E-state index in [0.29, 0.717) is 16.5 Å². The second-order valence-electron chi connectivity index (χ2n) is 4.10. The lowest BCUT2D eigenvalue weighted by Crippen LogP contribution is -2.44. The first-order valence-electron chi connectivity index (χ1n) is 4.69. The van der Waals surface area contributed by atoms with Gasteiger partial charge in [0.1, 0.15) is 0 Å². The number of hydrogen-bond acceptors (Lipinski definition) is 1. The molecule has 0 aliphatic carbocycles. The molecule has 0 saturated carbocycles. The predicted octanol–water partition coefficient (Wildman–Crippen LogP) is 3.85. The molecule has 0 atom stereocenters. The van der Waals surface area contributed by atoms with E-state index in [9.17, 15) is 4.79 Å². The number of nitrogens with one attached hydrogen (secondary N) is 1. The van der Waals surface area contributed by atoms with Gasteiger partial charge < -0.3 is 5.32 Å². The zero-order chi connectivity index (χ0) is 12.3. The fourth-order valence-electron chi connectivity index (χ4n) is 1.05. The van der Waals surface area contributed by atoms with Gasteiger partial charge in [-0.25, -0.2) is 0 Å². The molecule has 0 bridgehead atoms. The summed E-state index contributed by atoms with van der Waals surface area (Å²) in [4.78, 5) is 11.8. The van der Waals surface area contributed by atoms with Gasteiger partial charge in [-0.1, -0.05) is 11.6 Å². The summed E-state index contributed by atoms with van der Waals surface area (Å²) in [5.41, 5.74) is 0.0875. The van der Waals surface area contributed by atoms with Crippen LogP contribution in [0, 0.1) is 0 Å². The fraction of sp³-hybridized carbons (Fsp3) is 0.364. The van der Waals surface area contributed by atoms with Gasteiger partial charge in [0.25, 0.3) is 5.91 Å². The van der Waals surface area contributed by atoms with Crippen LogP contribution in [0.3, 0.4) is 0 Å². The number of halogens is 3. The maximum atomic E-state index is 11.8. The minimum absolute atomic E-state index is 0.181. The quantitative estimate of drug-likeness (QED) is 0.841. The SMILES string of the molecule is CC(C)(CCl)NC(=O)c1ccc(Br)c(Cl)c1. The van der Waals surface area contributed by atoms with Crippen molar-refractivity contribution in [1.29, 1.82) is 0 Å². The van der Waals surface area contributed by atoms with Crippen molar-refractivity contribution in [2.24, 2.45) is 0 Å². The Hall–Kier alpha value is -0.250. The van der Waals surface area contributed by atoms with E-state index in [1.807, 2.05) is 13.8 Å². The summed E-state index contributed by atoms with van der Waals surface area (Å²) in [6, 6.07) is 5.06. The van der Waals surface area contributed by atoms with Crippen molar-refractivity contribution in [3.05, 3.63) is 33.3 Å². The monoisotopic (exact) mass is 323 g/mol. The topological polar surface area (TPSA) is 29.1 Å². The van der Waals surface area contributed by atoms with Crippen molar-refractivity contribution in [2.45, 2.75) is 19.4 Å². The van der Waals surface area contributed by atoms with Gasteiger partial charge >= 0.3 is 0 Å². The number of hydrogen-bond donors (Lipinski definition) is 1. The maximum absolute atomic E-state index is 11.8. The normalized spacial score (nSPS) is 11.3. The minimum atomic E-state index is -0.432. The van der Waals surface area contributed by atoms with Crippen LogP contribution in [0.4, 0.5) is 0 Å². The van der Waals surface area contributed by atoms with Crippen LogP contribution in [0.2, 0.25) is 5.02 Å². The molecule has 16 heavy (non-hydrogen) atoms. The van der Waals surface area contributed by atoms with Gasteiger partial charge in [-0.15, -0.1) is 11.6 Å². The molecule has 5 heteroatoms. The van der Waals surface area contributed by atoms with E-state index < -0.39 is 5.54 Å². The van der Waals surface area contributed by atoms with Crippen molar-refractivity contribution in [1.82, 2.24) is 5.32 Å². The Morgan fingerprint density at radius 3 is 2.62 bits per heavy atom. The summed E-state index contributed by atoms with van der Waals surface area (Å²) in [7, 11) is 0. The number of benzene rings is 1. The van der Waals surface area contributed by atoms with Gasteiger partial charge in [-0.05, 0) is 48.0 Å². The Kier molecular flexibility index (Phi) is 4.65. The highest BCUT2D eigenvalue weighted by Crippen LogP contribution is 2.23. The Morgan fingerprint density at radius 1 is 1.50 bits per heavy atom. The highest BCUT2D eigenvalue weighted by Gasteiger charge is 2.20. The number of amides is 1. The fourth-order valence-corrected chi connectivity index (χ4v) is 1.54. The van der Waals surface area contributed by atoms with Crippen molar-refractivity contribution in [3.8, 4) is 0 Å². The van der Waals surface area contributed by atoms with Crippen molar-refractivity contribution < 1.29 is 4.79 Å². The van der Waals surface area contributed by atoms with Crippen molar-refractivity contribution >= 4 is 45.0 Å². The van der Waals surface area contributed by atoms with E-state index in [0.717, 1.165) is 4.47 Å². The van der Waals surface area contributed by atoms with Crippen LogP contribution in [0.5, 0.6) is 0 Å². The molecule has 1 amide bonds. The van der Waals surface area contributed by atoms with Crippen LogP contribution in [-0.2, 0) is 0 Å². The molecule has 1 aromatic rings. The molecule has 0 aliphatic heterocycles. The molecule has 0 saturated heterocycles. The van der Waals surface area contributed by atoms with Gasteiger partial charge in [0.15, 0.2) is 0 Å². The lowest BCUT2D eigenvalue weighted by molar-refractivity contribution is 0.0920. The smallest absolute Gasteiger partial charge is 0.251 e. The van der Waals surface area contributed by atoms with E-state index in [1.165, 1.54) is 0 Å². The highest BCUT2D eigenvalue weighted by molar-refractivity contribution is 9.10. The first-order valence-corrected chi connectivity index (χ1v) is 6.40. The largest absolute Gasteiger partial charge is 0.346 e. The molecule has 1 N–H and O–H groups in total. The van der Waals surface area contributed by atoms with Crippen LogP contribution in [0.25, 0.3) is 0 Å². The number of alkyl halides is 1. The summed E-state index contributed by atoms with van der Waals surface area (Å²) < 4.78 is 0.766. The molecule has 0 aromatic heterocycles. The van der Waals surface area contributed by atoms with Crippen LogP contribution in [-0.4, -0.2) is 17.3 Å². The van der Waals surface area contributed by atoms with E-state index in [4.69, 9.17) is 23.2 Å². The van der Waals surface area contributed by atoms with Crippen LogP contribution in [0.15, 0.2) is 22.7 Å². The highest BCUT2D eigenvalue weighted by atomic mass is 79.9. The summed E-state index contributed by atoms with van der Waals surface area (Å²) >= 11 is 14.9. The van der Waals surface area contributed by atoms with Crippen molar-refractivity contribution in [3.63, 3.8) is 0 Å². The molecule has 0 fully saturated rings. The third kappa shape index (κ3) is 3.65. The zero-order valence-electron chi connectivity index (χ0n) is 8.98. The van der Waals surface area contributed by atoms with Gasteiger partial charge in [0, 0.05) is 21.5 Å².